The Morgan fingerprint density at radius 2 is 1.87 bits per heavy atom. The zero-order valence-electron chi connectivity index (χ0n) is 9.32. The summed E-state index contributed by atoms with van der Waals surface area (Å²) in [4.78, 5) is 11.2. The molecule has 0 spiro atoms. The highest BCUT2D eigenvalue weighted by molar-refractivity contribution is 8.68. The van der Waals surface area contributed by atoms with Crippen LogP contribution in [0.5, 0.6) is 0 Å². The Morgan fingerprint density at radius 1 is 1.33 bits per heavy atom. The molecule has 0 radical (unpaired) electrons. The van der Waals surface area contributed by atoms with Gasteiger partial charge >= 0.3 is 0 Å². The van der Waals surface area contributed by atoms with Gasteiger partial charge in [0.15, 0.2) is 0 Å². The van der Waals surface area contributed by atoms with E-state index >= 15 is 0 Å². The van der Waals surface area contributed by atoms with E-state index in [9.17, 15) is 4.79 Å². The fourth-order valence-corrected chi connectivity index (χ4v) is 5.06. The molecule has 0 aliphatic heterocycles. The molecule has 0 heterocycles. The number of carbonyl (C=O) groups is 1. The number of amides is 1. The third kappa shape index (κ3) is 7.30. The van der Waals surface area contributed by atoms with Crippen molar-refractivity contribution in [1.29, 1.82) is 0 Å². The van der Waals surface area contributed by atoms with Gasteiger partial charge in [-0.05, 0) is 32.6 Å². The van der Waals surface area contributed by atoms with Crippen LogP contribution in [0.25, 0.3) is 0 Å². The number of hydrogen-bond acceptors (Lipinski definition) is 5. The Morgan fingerprint density at radius 3 is 2.27 bits per heavy atom. The van der Waals surface area contributed by atoms with Crippen molar-refractivity contribution in [2.45, 2.75) is 20.8 Å². The Bertz CT molecular complexity index is 228. The van der Waals surface area contributed by atoms with Crippen LogP contribution in [0.1, 0.15) is 20.8 Å². The summed E-state index contributed by atoms with van der Waals surface area (Å²) in [6, 6.07) is 0. The average molecular weight is 271 g/mol. The topological polar surface area (TPSA) is 47.6 Å². The van der Waals surface area contributed by atoms with Crippen LogP contribution < -0.4 is 5.32 Å². The second-order valence-corrected chi connectivity index (χ2v) is 8.82. The maximum atomic E-state index is 11.2. The van der Waals surface area contributed by atoms with Gasteiger partial charge in [-0.1, -0.05) is 11.4 Å². The van der Waals surface area contributed by atoms with Gasteiger partial charge in [-0.3, -0.25) is 4.79 Å². The Labute approximate surface area is 100 Å². The van der Waals surface area contributed by atoms with Crippen LogP contribution in [0.2, 0.25) is 0 Å². The van der Waals surface area contributed by atoms with E-state index in [1.165, 1.54) is 11.4 Å². The molecule has 0 atom stereocenters. The summed E-state index contributed by atoms with van der Waals surface area (Å²) in [5.41, 5.74) is -2.31. The van der Waals surface area contributed by atoms with Crippen LogP contribution in [-0.4, -0.2) is 31.4 Å². The summed E-state index contributed by atoms with van der Waals surface area (Å²) in [7, 11) is 0. The zero-order chi connectivity index (χ0) is 11.7. The lowest BCUT2D eigenvalue weighted by Crippen LogP contribution is -2.24. The number of nitrogens with one attached hydrogen (secondary N) is 1. The first-order valence-corrected chi connectivity index (χ1v) is 9.11. The molecule has 0 aromatic rings. The molecule has 0 fully saturated rings. The Kier molecular flexibility index (Phi) is 8.75. The van der Waals surface area contributed by atoms with Gasteiger partial charge in [-0.25, -0.2) is 0 Å². The van der Waals surface area contributed by atoms with E-state index in [1.807, 2.05) is 20.8 Å². The lowest BCUT2D eigenvalue weighted by molar-refractivity contribution is -0.118. The smallest absolute Gasteiger partial charge is 0.247 e. The molecule has 0 rings (SSSR count). The van der Waals surface area contributed by atoms with Crippen molar-refractivity contribution < 1.29 is 13.8 Å². The molecule has 0 aromatic heterocycles. The molecule has 0 aliphatic carbocycles. The first-order valence-electron chi connectivity index (χ1n) is 4.88. The SMILES string of the molecule is CCNC(=O)CSP(=S)(OCC)OCC. The van der Waals surface area contributed by atoms with Gasteiger partial charge < -0.3 is 14.4 Å². The van der Waals surface area contributed by atoms with Crippen LogP contribution in [-0.2, 0) is 25.6 Å². The molecule has 15 heavy (non-hydrogen) atoms. The first kappa shape index (κ1) is 15.4. The molecule has 0 aromatic carbocycles. The fraction of sp³-hybridized carbons (Fsp3) is 0.875. The quantitative estimate of drug-likeness (QED) is 0.685. The van der Waals surface area contributed by atoms with Gasteiger partial charge in [0, 0.05) is 6.54 Å². The van der Waals surface area contributed by atoms with E-state index in [-0.39, 0.29) is 5.91 Å². The minimum absolute atomic E-state index is 0.0314. The number of hydrogen-bond donors (Lipinski definition) is 1. The summed E-state index contributed by atoms with van der Waals surface area (Å²) in [5.74, 6) is 0.265. The molecule has 0 aliphatic rings. The number of rotatable bonds is 8. The monoisotopic (exact) mass is 271 g/mol. The van der Waals surface area contributed by atoms with Gasteiger partial charge in [0.25, 0.3) is 0 Å². The second kappa shape index (κ2) is 8.53. The largest absolute Gasteiger partial charge is 0.356 e. The fourth-order valence-electron chi connectivity index (χ4n) is 0.814. The molecule has 0 unspecified atom stereocenters. The van der Waals surface area contributed by atoms with E-state index in [0.29, 0.717) is 25.5 Å². The minimum atomic E-state index is -2.31. The Balaban J connectivity index is 4.06. The van der Waals surface area contributed by atoms with Crippen LogP contribution in [0.15, 0.2) is 0 Å². The molecule has 0 saturated carbocycles. The van der Waals surface area contributed by atoms with Gasteiger partial charge in [-0.2, -0.15) is 0 Å². The average Bonchev–Trinajstić information content (AvgIpc) is 2.16. The Hall–Kier alpha value is 0.390. The van der Waals surface area contributed by atoms with E-state index in [1.54, 1.807) is 0 Å². The van der Waals surface area contributed by atoms with Crippen molar-refractivity contribution in [3.63, 3.8) is 0 Å². The zero-order valence-corrected chi connectivity index (χ0v) is 11.8. The summed E-state index contributed by atoms with van der Waals surface area (Å²) in [6.07, 6.45) is 0. The maximum Gasteiger partial charge on any atom is 0.247 e. The first-order chi connectivity index (χ1) is 7.08. The van der Waals surface area contributed by atoms with Crippen molar-refractivity contribution in [3.8, 4) is 0 Å². The molecule has 0 bridgehead atoms. The third-order valence-electron chi connectivity index (χ3n) is 1.30. The molecular weight excluding hydrogens is 253 g/mol. The minimum Gasteiger partial charge on any atom is -0.356 e. The molecule has 1 amide bonds. The normalized spacial score (nSPS) is 11.4. The maximum absolute atomic E-state index is 11.2. The highest BCUT2D eigenvalue weighted by Crippen LogP contribution is 2.60. The summed E-state index contributed by atoms with van der Waals surface area (Å²) < 4.78 is 10.8. The lowest BCUT2D eigenvalue weighted by Gasteiger charge is -2.19. The molecule has 4 nitrogen and oxygen atoms in total. The van der Waals surface area contributed by atoms with Crippen LogP contribution in [0.4, 0.5) is 0 Å². The van der Waals surface area contributed by atoms with Gasteiger partial charge in [0.1, 0.15) is 0 Å². The molecule has 7 heteroatoms. The summed E-state index contributed by atoms with van der Waals surface area (Å²) >= 11 is 6.54. The molecular formula is C8H18NO3PS2. The predicted octanol–water partition coefficient (Wildman–Crippen LogP) is 2.15. The van der Waals surface area contributed by atoms with Crippen molar-refractivity contribution in [2.75, 3.05) is 25.5 Å². The molecule has 1 N–H and O–H groups in total. The van der Waals surface area contributed by atoms with Crippen molar-refractivity contribution in [1.82, 2.24) is 5.32 Å². The standard InChI is InChI=1S/C8H18NO3PS2/c1-4-9-8(10)7-15-13(14,11-5-2)12-6-3/h4-7H2,1-3H3,(H,9,10). The molecule has 90 valence electrons. The number of carbonyl (C=O) groups excluding carboxylic acids is 1. The van der Waals surface area contributed by atoms with Gasteiger partial charge in [0.2, 0.25) is 11.6 Å². The van der Waals surface area contributed by atoms with Gasteiger partial charge in [0.05, 0.1) is 19.0 Å². The van der Waals surface area contributed by atoms with Crippen molar-refractivity contribution in [3.05, 3.63) is 0 Å². The van der Waals surface area contributed by atoms with Crippen molar-refractivity contribution in [2.24, 2.45) is 0 Å². The summed E-state index contributed by atoms with van der Waals surface area (Å²) in [5, 5.41) is 2.70. The van der Waals surface area contributed by atoms with E-state index in [4.69, 9.17) is 20.9 Å². The lowest BCUT2D eigenvalue weighted by atomic mass is 10.6. The van der Waals surface area contributed by atoms with Gasteiger partial charge in [-0.15, -0.1) is 0 Å². The second-order valence-electron chi connectivity index (χ2n) is 2.51. The van der Waals surface area contributed by atoms with E-state index in [2.05, 4.69) is 5.32 Å². The highest BCUT2D eigenvalue weighted by Gasteiger charge is 2.20. The molecule has 0 saturated heterocycles. The van der Waals surface area contributed by atoms with E-state index in [0.717, 1.165) is 0 Å². The van der Waals surface area contributed by atoms with Crippen LogP contribution in [0.3, 0.4) is 0 Å². The highest BCUT2D eigenvalue weighted by atomic mass is 32.9. The van der Waals surface area contributed by atoms with Crippen LogP contribution in [0, 0.1) is 0 Å². The van der Waals surface area contributed by atoms with Crippen molar-refractivity contribution >= 4 is 34.8 Å². The van der Waals surface area contributed by atoms with Crippen LogP contribution >= 0.6 is 17.1 Å². The third-order valence-corrected chi connectivity index (χ3v) is 6.71. The van der Waals surface area contributed by atoms with E-state index < -0.39 is 5.69 Å². The predicted molar refractivity (Wildman–Crippen MR) is 68.7 cm³/mol. The summed E-state index contributed by atoms with van der Waals surface area (Å²) in [6.45, 7) is 7.27.